The second-order valence-corrected chi connectivity index (χ2v) is 8.23. The molecule has 0 aromatic heterocycles. The lowest BCUT2D eigenvalue weighted by Gasteiger charge is -2.40. The first-order valence-corrected chi connectivity index (χ1v) is 9.19. The number of carbonyl (C=O) groups excluding carboxylic acids is 2. The minimum Gasteiger partial charge on any atom is -0.391 e. The first kappa shape index (κ1) is 19.2. The molecule has 2 atom stereocenters. The molecule has 2 heterocycles. The quantitative estimate of drug-likeness (QED) is 0.828. The molecule has 2 fully saturated rings. The lowest BCUT2D eigenvalue weighted by Crippen LogP contribution is -2.56. The number of nitrogens with zero attached hydrogens (tertiary/aromatic N) is 3. The normalized spacial score (nSPS) is 23.3. The SMILES string of the molecule is CC(C(=O)N1CCN(CC(O)C(C)(C)C)CC1)N1CCCCC1=O. The fraction of sp³-hybridized carbons (Fsp3) is 0.889. The van der Waals surface area contributed by atoms with Gasteiger partial charge in [0.25, 0.3) is 0 Å². The van der Waals surface area contributed by atoms with E-state index in [1.165, 1.54) is 0 Å². The van der Waals surface area contributed by atoms with E-state index in [0.717, 1.165) is 25.9 Å². The van der Waals surface area contributed by atoms with Gasteiger partial charge in [-0.15, -0.1) is 0 Å². The highest BCUT2D eigenvalue weighted by Crippen LogP contribution is 2.21. The van der Waals surface area contributed by atoms with Gasteiger partial charge in [0.05, 0.1) is 6.10 Å². The molecule has 0 aromatic rings. The molecule has 2 saturated heterocycles. The summed E-state index contributed by atoms with van der Waals surface area (Å²) in [6, 6.07) is -0.357. The van der Waals surface area contributed by atoms with Crippen molar-refractivity contribution in [2.45, 2.75) is 59.1 Å². The molecule has 138 valence electrons. The average Bonchev–Trinajstić information content (AvgIpc) is 2.54. The Morgan fingerprint density at radius 3 is 2.29 bits per heavy atom. The minimum atomic E-state index is -0.371. The van der Waals surface area contributed by atoms with Crippen molar-refractivity contribution in [1.29, 1.82) is 0 Å². The Bertz CT molecular complexity index is 453. The van der Waals surface area contributed by atoms with Crippen LogP contribution in [0.3, 0.4) is 0 Å². The van der Waals surface area contributed by atoms with Crippen LogP contribution in [-0.2, 0) is 9.59 Å². The van der Waals surface area contributed by atoms with Crippen LogP contribution >= 0.6 is 0 Å². The first-order chi connectivity index (χ1) is 11.2. The highest BCUT2D eigenvalue weighted by molar-refractivity contribution is 5.87. The summed E-state index contributed by atoms with van der Waals surface area (Å²) in [7, 11) is 0. The van der Waals surface area contributed by atoms with Gasteiger partial charge in [-0.25, -0.2) is 0 Å². The van der Waals surface area contributed by atoms with Crippen molar-refractivity contribution in [3.8, 4) is 0 Å². The second-order valence-electron chi connectivity index (χ2n) is 8.23. The maximum Gasteiger partial charge on any atom is 0.245 e. The molecule has 2 aliphatic rings. The molecule has 2 amide bonds. The number of aliphatic hydroxyl groups excluding tert-OH is 1. The van der Waals surface area contributed by atoms with Crippen LogP contribution in [0.4, 0.5) is 0 Å². The van der Waals surface area contributed by atoms with Gasteiger partial charge in [0, 0.05) is 45.7 Å². The molecule has 24 heavy (non-hydrogen) atoms. The Kier molecular flexibility index (Phi) is 6.26. The number of aliphatic hydroxyl groups is 1. The van der Waals surface area contributed by atoms with Crippen molar-refractivity contribution in [1.82, 2.24) is 14.7 Å². The summed E-state index contributed by atoms with van der Waals surface area (Å²) in [4.78, 5) is 30.5. The third-order valence-corrected chi connectivity index (χ3v) is 5.30. The van der Waals surface area contributed by atoms with E-state index in [-0.39, 0.29) is 29.4 Å². The summed E-state index contributed by atoms with van der Waals surface area (Å²) in [6.45, 7) is 12.2. The van der Waals surface area contributed by atoms with Crippen molar-refractivity contribution in [2.75, 3.05) is 39.3 Å². The maximum absolute atomic E-state index is 12.7. The van der Waals surface area contributed by atoms with Gasteiger partial charge in [-0.2, -0.15) is 0 Å². The molecule has 0 bridgehead atoms. The molecule has 1 N–H and O–H groups in total. The third-order valence-electron chi connectivity index (χ3n) is 5.30. The molecule has 2 aliphatic heterocycles. The molecular formula is C18H33N3O3. The molecule has 0 aromatic carbocycles. The molecule has 0 radical (unpaired) electrons. The molecule has 2 unspecified atom stereocenters. The maximum atomic E-state index is 12.7. The van der Waals surface area contributed by atoms with E-state index in [1.807, 2.05) is 32.6 Å². The highest BCUT2D eigenvalue weighted by atomic mass is 16.3. The molecular weight excluding hydrogens is 306 g/mol. The van der Waals surface area contributed by atoms with E-state index in [1.54, 1.807) is 4.90 Å². The van der Waals surface area contributed by atoms with E-state index >= 15 is 0 Å². The number of amides is 2. The van der Waals surface area contributed by atoms with Crippen molar-refractivity contribution in [3.63, 3.8) is 0 Å². The predicted octanol–water partition coefficient (Wildman–Crippen LogP) is 0.939. The van der Waals surface area contributed by atoms with E-state index < -0.39 is 0 Å². The van der Waals surface area contributed by atoms with E-state index in [9.17, 15) is 14.7 Å². The lowest BCUT2D eigenvalue weighted by molar-refractivity contribution is -0.147. The largest absolute Gasteiger partial charge is 0.391 e. The Morgan fingerprint density at radius 2 is 1.75 bits per heavy atom. The Hall–Kier alpha value is -1.14. The zero-order chi connectivity index (χ0) is 17.9. The van der Waals surface area contributed by atoms with Gasteiger partial charge < -0.3 is 14.9 Å². The van der Waals surface area contributed by atoms with Crippen LogP contribution in [0.1, 0.15) is 47.0 Å². The summed E-state index contributed by atoms with van der Waals surface area (Å²) in [5.41, 5.74) is -0.129. The zero-order valence-corrected chi connectivity index (χ0v) is 15.6. The van der Waals surface area contributed by atoms with Crippen LogP contribution in [0.25, 0.3) is 0 Å². The number of hydrogen-bond donors (Lipinski definition) is 1. The fourth-order valence-electron chi connectivity index (χ4n) is 3.30. The topological polar surface area (TPSA) is 64.1 Å². The molecule has 0 aliphatic carbocycles. The Labute approximate surface area is 145 Å². The summed E-state index contributed by atoms with van der Waals surface area (Å²) >= 11 is 0. The van der Waals surface area contributed by atoms with Crippen molar-refractivity contribution < 1.29 is 14.7 Å². The monoisotopic (exact) mass is 339 g/mol. The van der Waals surface area contributed by atoms with Gasteiger partial charge in [-0.3, -0.25) is 14.5 Å². The van der Waals surface area contributed by atoms with Crippen LogP contribution < -0.4 is 0 Å². The van der Waals surface area contributed by atoms with E-state index in [4.69, 9.17) is 0 Å². The smallest absolute Gasteiger partial charge is 0.245 e. The van der Waals surface area contributed by atoms with Gasteiger partial charge in [-0.05, 0) is 25.2 Å². The van der Waals surface area contributed by atoms with E-state index in [2.05, 4.69) is 4.90 Å². The number of likely N-dealkylation sites (tertiary alicyclic amines) is 1. The fourth-order valence-corrected chi connectivity index (χ4v) is 3.30. The van der Waals surface area contributed by atoms with E-state index in [0.29, 0.717) is 32.6 Å². The molecule has 0 saturated carbocycles. The molecule has 6 heteroatoms. The number of hydrogen-bond acceptors (Lipinski definition) is 4. The number of rotatable bonds is 4. The van der Waals surface area contributed by atoms with Gasteiger partial charge in [0.2, 0.25) is 11.8 Å². The number of piperazine rings is 1. The van der Waals surface area contributed by atoms with Gasteiger partial charge in [0.15, 0.2) is 0 Å². The standard InChI is InChI=1S/C18H33N3O3/c1-14(21-8-6-5-7-16(21)23)17(24)20-11-9-19(10-12-20)13-15(22)18(2,3)4/h14-15,22H,5-13H2,1-4H3. The Morgan fingerprint density at radius 1 is 1.12 bits per heavy atom. The Balaban J connectivity index is 1.83. The average molecular weight is 339 g/mol. The van der Waals surface area contributed by atoms with Crippen LogP contribution in [0.2, 0.25) is 0 Å². The molecule has 2 rings (SSSR count). The van der Waals surface area contributed by atoms with Gasteiger partial charge >= 0.3 is 0 Å². The third kappa shape index (κ3) is 4.70. The summed E-state index contributed by atoms with van der Waals surface area (Å²) in [6.07, 6.45) is 2.12. The summed E-state index contributed by atoms with van der Waals surface area (Å²) in [5.74, 6) is 0.162. The second kappa shape index (κ2) is 7.83. The van der Waals surface area contributed by atoms with Gasteiger partial charge in [0.1, 0.15) is 6.04 Å². The molecule has 6 nitrogen and oxygen atoms in total. The lowest BCUT2D eigenvalue weighted by atomic mass is 9.89. The summed E-state index contributed by atoms with van der Waals surface area (Å²) in [5, 5.41) is 10.2. The summed E-state index contributed by atoms with van der Waals surface area (Å²) < 4.78 is 0. The molecule has 0 spiro atoms. The number of carbonyl (C=O) groups is 2. The number of piperidine rings is 1. The zero-order valence-electron chi connectivity index (χ0n) is 15.6. The highest BCUT2D eigenvalue weighted by Gasteiger charge is 2.33. The van der Waals surface area contributed by atoms with Crippen molar-refractivity contribution >= 4 is 11.8 Å². The predicted molar refractivity (Wildman–Crippen MR) is 93.5 cm³/mol. The van der Waals surface area contributed by atoms with Gasteiger partial charge in [-0.1, -0.05) is 20.8 Å². The van der Waals surface area contributed by atoms with Crippen molar-refractivity contribution in [2.24, 2.45) is 5.41 Å². The number of β-amino-alcohol motifs (C(OH)–C–C–N with tert-alkyl or cyclic N) is 1. The van der Waals surface area contributed by atoms with Crippen LogP contribution in [0.15, 0.2) is 0 Å². The first-order valence-electron chi connectivity index (χ1n) is 9.19. The van der Waals surface area contributed by atoms with Crippen molar-refractivity contribution in [3.05, 3.63) is 0 Å². The van der Waals surface area contributed by atoms with Crippen LogP contribution in [-0.4, -0.2) is 83.0 Å². The minimum absolute atomic E-state index is 0.0567. The van der Waals surface area contributed by atoms with Crippen LogP contribution in [0.5, 0.6) is 0 Å². The van der Waals surface area contributed by atoms with Crippen LogP contribution in [0, 0.1) is 5.41 Å².